The van der Waals surface area contributed by atoms with Gasteiger partial charge in [-0.25, -0.2) is 0 Å². The van der Waals surface area contributed by atoms with Gasteiger partial charge >= 0.3 is 0 Å². The Morgan fingerprint density at radius 2 is 1.75 bits per heavy atom. The molecule has 3 nitrogen and oxygen atoms in total. The topological polar surface area (TPSA) is 55.1 Å². The summed E-state index contributed by atoms with van der Waals surface area (Å²) in [5.74, 6) is -0.181. The van der Waals surface area contributed by atoms with Gasteiger partial charge in [0.1, 0.15) is 0 Å². The zero-order valence-corrected chi connectivity index (χ0v) is 12.5. The highest BCUT2D eigenvalue weighted by atomic mass is 35.5. The van der Waals surface area contributed by atoms with E-state index in [0.29, 0.717) is 10.6 Å². The molecular weight excluding hydrogens is 272 g/mol. The molecular formula is C16H17ClN2O. The van der Waals surface area contributed by atoms with E-state index in [9.17, 15) is 4.79 Å². The van der Waals surface area contributed by atoms with Gasteiger partial charge in [-0.1, -0.05) is 17.7 Å². The molecule has 0 aliphatic rings. The van der Waals surface area contributed by atoms with Crippen LogP contribution in [0.15, 0.2) is 30.3 Å². The Kier molecular flexibility index (Phi) is 4.00. The number of nitrogen functional groups attached to an aromatic ring is 1. The summed E-state index contributed by atoms with van der Waals surface area (Å²) in [7, 11) is 0. The molecule has 0 aliphatic carbocycles. The second-order valence-corrected chi connectivity index (χ2v) is 5.35. The van der Waals surface area contributed by atoms with E-state index in [4.69, 9.17) is 17.3 Å². The molecule has 1 amide bonds. The van der Waals surface area contributed by atoms with Gasteiger partial charge in [-0.05, 0) is 61.7 Å². The van der Waals surface area contributed by atoms with Gasteiger partial charge in [-0.2, -0.15) is 0 Å². The second-order valence-electron chi connectivity index (χ2n) is 4.94. The third-order valence-corrected chi connectivity index (χ3v) is 3.70. The fourth-order valence-electron chi connectivity index (χ4n) is 1.90. The molecule has 0 unspecified atom stereocenters. The lowest BCUT2D eigenvalue weighted by Gasteiger charge is -2.11. The summed E-state index contributed by atoms with van der Waals surface area (Å²) in [5, 5.41) is 3.47. The van der Waals surface area contributed by atoms with E-state index >= 15 is 0 Å². The fourth-order valence-corrected chi connectivity index (χ4v) is 2.08. The van der Waals surface area contributed by atoms with E-state index in [-0.39, 0.29) is 5.91 Å². The van der Waals surface area contributed by atoms with Crippen LogP contribution in [0.25, 0.3) is 0 Å². The number of halogens is 1. The first kappa shape index (κ1) is 14.4. The lowest BCUT2D eigenvalue weighted by molar-refractivity contribution is 0.102. The van der Waals surface area contributed by atoms with Crippen LogP contribution in [0.2, 0.25) is 5.02 Å². The van der Waals surface area contributed by atoms with Crippen LogP contribution in [0.1, 0.15) is 27.0 Å². The Bertz CT molecular complexity index is 680. The predicted molar refractivity (Wildman–Crippen MR) is 84.5 cm³/mol. The van der Waals surface area contributed by atoms with Gasteiger partial charge < -0.3 is 11.1 Å². The molecule has 0 radical (unpaired) electrons. The van der Waals surface area contributed by atoms with Crippen molar-refractivity contribution >= 4 is 28.9 Å². The number of rotatable bonds is 2. The van der Waals surface area contributed by atoms with E-state index < -0.39 is 0 Å². The van der Waals surface area contributed by atoms with Crippen LogP contribution >= 0.6 is 11.6 Å². The van der Waals surface area contributed by atoms with E-state index in [1.54, 1.807) is 12.1 Å². The van der Waals surface area contributed by atoms with Gasteiger partial charge in [0.05, 0.1) is 0 Å². The Morgan fingerprint density at radius 1 is 1.05 bits per heavy atom. The van der Waals surface area contributed by atoms with E-state index in [1.807, 2.05) is 39.0 Å². The molecule has 0 aliphatic heterocycles. The van der Waals surface area contributed by atoms with Gasteiger partial charge in [0.2, 0.25) is 0 Å². The van der Waals surface area contributed by atoms with Crippen LogP contribution < -0.4 is 11.1 Å². The number of hydrogen-bond acceptors (Lipinski definition) is 2. The van der Waals surface area contributed by atoms with Crippen LogP contribution in [0, 0.1) is 20.8 Å². The molecule has 0 atom stereocenters. The van der Waals surface area contributed by atoms with Crippen molar-refractivity contribution in [3.63, 3.8) is 0 Å². The maximum atomic E-state index is 12.2. The maximum Gasteiger partial charge on any atom is 0.255 e. The van der Waals surface area contributed by atoms with Crippen LogP contribution in [0.5, 0.6) is 0 Å². The van der Waals surface area contributed by atoms with Crippen LogP contribution in [-0.4, -0.2) is 5.91 Å². The molecule has 0 heterocycles. The summed E-state index contributed by atoms with van der Waals surface area (Å²) in [6.07, 6.45) is 0. The largest absolute Gasteiger partial charge is 0.399 e. The molecule has 0 saturated carbocycles. The molecule has 4 heteroatoms. The molecule has 0 bridgehead atoms. The number of carbonyl (C=O) groups excluding carboxylic acids is 1. The SMILES string of the molecule is Cc1cc(NC(=O)c2ccc(C)c(Cl)c2)c(C)cc1N. The maximum absolute atomic E-state index is 12.2. The second kappa shape index (κ2) is 5.55. The highest BCUT2D eigenvalue weighted by Gasteiger charge is 2.10. The number of hydrogen-bond donors (Lipinski definition) is 2. The minimum atomic E-state index is -0.181. The van der Waals surface area contributed by atoms with Crippen molar-refractivity contribution in [3.8, 4) is 0 Å². The third-order valence-electron chi connectivity index (χ3n) is 3.30. The van der Waals surface area contributed by atoms with Crippen molar-refractivity contribution in [2.24, 2.45) is 0 Å². The highest BCUT2D eigenvalue weighted by Crippen LogP contribution is 2.23. The summed E-state index contributed by atoms with van der Waals surface area (Å²) in [6.45, 7) is 5.72. The normalized spacial score (nSPS) is 10.4. The van der Waals surface area contributed by atoms with Gasteiger partial charge in [0, 0.05) is 22.0 Å². The van der Waals surface area contributed by atoms with Gasteiger partial charge in [0.25, 0.3) is 5.91 Å². The molecule has 0 fully saturated rings. The fraction of sp³-hybridized carbons (Fsp3) is 0.188. The first-order valence-corrected chi connectivity index (χ1v) is 6.70. The number of anilines is 2. The van der Waals surface area contributed by atoms with Crippen molar-refractivity contribution in [1.29, 1.82) is 0 Å². The molecule has 2 aromatic rings. The number of carbonyl (C=O) groups is 1. The lowest BCUT2D eigenvalue weighted by atomic mass is 10.1. The Balaban J connectivity index is 2.27. The smallest absolute Gasteiger partial charge is 0.255 e. The molecule has 104 valence electrons. The summed E-state index contributed by atoms with van der Waals surface area (Å²) in [5.41, 5.74) is 10.7. The van der Waals surface area contributed by atoms with Crippen molar-refractivity contribution in [1.82, 2.24) is 0 Å². The Hall–Kier alpha value is -2.00. The van der Waals surface area contributed by atoms with Gasteiger partial charge in [-0.15, -0.1) is 0 Å². The van der Waals surface area contributed by atoms with E-state index in [1.165, 1.54) is 0 Å². The average Bonchev–Trinajstić information content (AvgIpc) is 2.39. The Morgan fingerprint density at radius 3 is 2.40 bits per heavy atom. The average molecular weight is 289 g/mol. The minimum absolute atomic E-state index is 0.181. The number of nitrogens with two attached hydrogens (primary N) is 1. The lowest BCUT2D eigenvalue weighted by Crippen LogP contribution is -2.13. The zero-order valence-electron chi connectivity index (χ0n) is 11.8. The van der Waals surface area contributed by atoms with Crippen LogP contribution in [-0.2, 0) is 0 Å². The van der Waals surface area contributed by atoms with Gasteiger partial charge in [-0.3, -0.25) is 4.79 Å². The summed E-state index contributed by atoms with van der Waals surface area (Å²) >= 11 is 6.04. The number of benzene rings is 2. The van der Waals surface area contributed by atoms with Crippen LogP contribution in [0.4, 0.5) is 11.4 Å². The zero-order chi connectivity index (χ0) is 14.9. The summed E-state index contributed by atoms with van der Waals surface area (Å²) in [6, 6.07) is 8.99. The molecule has 3 N–H and O–H groups in total. The molecule has 0 spiro atoms. The number of nitrogens with one attached hydrogen (secondary N) is 1. The van der Waals surface area contributed by atoms with E-state index in [0.717, 1.165) is 28.1 Å². The van der Waals surface area contributed by atoms with Crippen molar-refractivity contribution < 1.29 is 4.79 Å². The summed E-state index contributed by atoms with van der Waals surface area (Å²) < 4.78 is 0. The third kappa shape index (κ3) is 2.94. The van der Waals surface area contributed by atoms with Crippen molar-refractivity contribution in [2.45, 2.75) is 20.8 Å². The molecule has 0 aromatic heterocycles. The van der Waals surface area contributed by atoms with Crippen molar-refractivity contribution in [2.75, 3.05) is 11.1 Å². The predicted octanol–water partition coefficient (Wildman–Crippen LogP) is 4.10. The van der Waals surface area contributed by atoms with Crippen LogP contribution in [0.3, 0.4) is 0 Å². The monoisotopic (exact) mass is 288 g/mol. The van der Waals surface area contributed by atoms with E-state index in [2.05, 4.69) is 5.32 Å². The first-order chi connectivity index (χ1) is 9.38. The summed E-state index contributed by atoms with van der Waals surface area (Å²) in [4.78, 5) is 12.2. The van der Waals surface area contributed by atoms with Gasteiger partial charge in [0.15, 0.2) is 0 Å². The molecule has 20 heavy (non-hydrogen) atoms. The first-order valence-electron chi connectivity index (χ1n) is 6.32. The quantitative estimate of drug-likeness (QED) is 0.818. The molecule has 2 rings (SSSR count). The molecule has 0 saturated heterocycles. The highest BCUT2D eigenvalue weighted by molar-refractivity contribution is 6.31. The minimum Gasteiger partial charge on any atom is -0.399 e. The van der Waals surface area contributed by atoms with Crippen molar-refractivity contribution in [3.05, 3.63) is 57.6 Å². The number of aryl methyl sites for hydroxylation is 3. The number of amides is 1. The molecule has 2 aromatic carbocycles. The standard InChI is InChI=1S/C16H17ClN2O/c1-9-4-5-12(8-13(9)17)16(20)19-15-7-10(2)14(18)6-11(15)3/h4-8H,18H2,1-3H3,(H,19,20). The Labute approximate surface area is 123 Å².